The minimum absolute atomic E-state index is 0.0620. The Morgan fingerprint density at radius 2 is 1.88 bits per heavy atom. The van der Waals surface area contributed by atoms with Crippen LogP contribution >= 0.6 is 0 Å². The fourth-order valence-corrected chi connectivity index (χ4v) is 3.56. The molecule has 2 heterocycles. The van der Waals surface area contributed by atoms with Crippen LogP contribution in [0.3, 0.4) is 0 Å². The van der Waals surface area contributed by atoms with Crippen molar-refractivity contribution in [3.63, 3.8) is 0 Å². The van der Waals surface area contributed by atoms with Crippen molar-refractivity contribution < 1.29 is 9.72 Å². The highest BCUT2D eigenvalue weighted by Gasteiger charge is 2.24. The van der Waals surface area contributed by atoms with Crippen molar-refractivity contribution in [3.05, 3.63) is 111 Å². The van der Waals surface area contributed by atoms with Crippen molar-refractivity contribution in [2.75, 3.05) is 0 Å². The lowest BCUT2D eigenvalue weighted by Crippen LogP contribution is -2.31. The molecule has 9 heteroatoms. The SMILES string of the molecule is Cc1ccccc1CN(Cc1cccnc1)C(=O)c1nnn(-c2cccc([N+](=O)[O-])c2)c1C. The number of carbonyl (C=O) groups is 1. The number of nitro groups is 1. The smallest absolute Gasteiger partial charge is 0.276 e. The molecule has 4 rings (SSSR count). The van der Waals surface area contributed by atoms with Gasteiger partial charge in [-0.05, 0) is 42.7 Å². The van der Waals surface area contributed by atoms with Gasteiger partial charge in [0.15, 0.2) is 5.69 Å². The molecule has 166 valence electrons. The van der Waals surface area contributed by atoms with Crippen LogP contribution in [0.15, 0.2) is 73.1 Å². The number of aryl methyl sites for hydroxylation is 1. The summed E-state index contributed by atoms with van der Waals surface area (Å²) in [7, 11) is 0. The van der Waals surface area contributed by atoms with E-state index in [-0.39, 0.29) is 17.3 Å². The van der Waals surface area contributed by atoms with Crippen molar-refractivity contribution >= 4 is 11.6 Å². The maximum atomic E-state index is 13.6. The Hall–Kier alpha value is -4.40. The Balaban J connectivity index is 1.68. The normalized spacial score (nSPS) is 10.7. The number of amides is 1. The highest BCUT2D eigenvalue weighted by atomic mass is 16.6. The van der Waals surface area contributed by atoms with Gasteiger partial charge in [-0.1, -0.05) is 41.6 Å². The quantitative estimate of drug-likeness (QED) is 0.316. The molecule has 0 unspecified atom stereocenters. The van der Waals surface area contributed by atoms with Gasteiger partial charge in [0.05, 0.1) is 16.3 Å². The first-order chi connectivity index (χ1) is 15.9. The molecule has 1 amide bonds. The van der Waals surface area contributed by atoms with E-state index in [2.05, 4.69) is 15.3 Å². The second kappa shape index (κ2) is 9.39. The van der Waals surface area contributed by atoms with Crippen molar-refractivity contribution in [1.29, 1.82) is 0 Å². The zero-order valence-electron chi connectivity index (χ0n) is 18.3. The Morgan fingerprint density at radius 3 is 2.61 bits per heavy atom. The van der Waals surface area contributed by atoms with Gasteiger partial charge in [0.2, 0.25) is 0 Å². The first-order valence-electron chi connectivity index (χ1n) is 10.3. The molecule has 0 fully saturated rings. The van der Waals surface area contributed by atoms with Gasteiger partial charge in [0.25, 0.3) is 11.6 Å². The van der Waals surface area contributed by atoms with E-state index in [1.54, 1.807) is 36.4 Å². The average molecular weight is 442 g/mol. The van der Waals surface area contributed by atoms with Gasteiger partial charge >= 0.3 is 0 Å². The average Bonchev–Trinajstić information content (AvgIpc) is 3.21. The number of hydrogen-bond acceptors (Lipinski definition) is 6. The van der Waals surface area contributed by atoms with Gasteiger partial charge in [-0.25, -0.2) is 4.68 Å². The Bertz CT molecular complexity index is 1300. The zero-order valence-corrected chi connectivity index (χ0v) is 18.3. The van der Waals surface area contributed by atoms with E-state index in [4.69, 9.17) is 0 Å². The number of non-ortho nitro benzene ring substituents is 1. The van der Waals surface area contributed by atoms with Gasteiger partial charge in [0, 0.05) is 37.6 Å². The number of pyridine rings is 1. The lowest BCUT2D eigenvalue weighted by Gasteiger charge is -2.23. The second-order valence-corrected chi connectivity index (χ2v) is 7.66. The highest BCUT2D eigenvalue weighted by Crippen LogP contribution is 2.21. The number of rotatable bonds is 7. The van der Waals surface area contributed by atoms with Gasteiger partial charge in [-0.3, -0.25) is 19.9 Å². The Kier molecular flexibility index (Phi) is 6.21. The van der Waals surface area contributed by atoms with Gasteiger partial charge < -0.3 is 4.90 Å². The third-order valence-corrected chi connectivity index (χ3v) is 5.39. The summed E-state index contributed by atoms with van der Waals surface area (Å²) in [6.07, 6.45) is 3.41. The monoisotopic (exact) mass is 442 g/mol. The summed E-state index contributed by atoms with van der Waals surface area (Å²) in [6, 6.07) is 17.7. The topological polar surface area (TPSA) is 107 Å². The molecule has 0 saturated carbocycles. The molecular weight excluding hydrogens is 420 g/mol. The molecule has 0 aliphatic heterocycles. The van der Waals surface area contributed by atoms with Gasteiger partial charge in [0.1, 0.15) is 0 Å². The zero-order chi connectivity index (χ0) is 23.4. The van der Waals surface area contributed by atoms with Gasteiger partial charge in [-0.15, -0.1) is 5.10 Å². The number of aromatic nitrogens is 4. The van der Waals surface area contributed by atoms with E-state index >= 15 is 0 Å². The lowest BCUT2D eigenvalue weighted by molar-refractivity contribution is -0.384. The number of nitro benzene ring substituents is 1. The van der Waals surface area contributed by atoms with Crippen LogP contribution in [0.1, 0.15) is 32.9 Å². The predicted molar refractivity (Wildman–Crippen MR) is 122 cm³/mol. The van der Waals surface area contributed by atoms with Crippen LogP contribution in [-0.4, -0.2) is 35.7 Å². The molecule has 0 radical (unpaired) electrons. The first kappa shape index (κ1) is 21.8. The summed E-state index contributed by atoms with van der Waals surface area (Å²) >= 11 is 0. The van der Waals surface area contributed by atoms with Crippen LogP contribution in [0.4, 0.5) is 5.69 Å². The standard InChI is InChI=1S/C24H22N6O3/c1-17-7-3-4-9-20(17)16-28(15-19-8-6-12-25-14-19)24(31)23-18(2)29(27-26-23)21-10-5-11-22(13-21)30(32)33/h3-14H,15-16H2,1-2H3. The summed E-state index contributed by atoms with van der Waals surface area (Å²) in [6.45, 7) is 4.47. The third-order valence-electron chi connectivity index (χ3n) is 5.39. The van der Waals surface area contributed by atoms with Gasteiger partial charge in [-0.2, -0.15) is 0 Å². The minimum Gasteiger partial charge on any atom is -0.328 e. The number of hydrogen-bond donors (Lipinski definition) is 0. The molecule has 0 atom stereocenters. The number of benzene rings is 2. The molecule has 0 saturated heterocycles. The van der Waals surface area contributed by atoms with Crippen LogP contribution in [0.2, 0.25) is 0 Å². The summed E-state index contributed by atoms with van der Waals surface area (Å²) in [5.74, 6) is -0.281. The molecule has 33 heavy (non-hydrogen) atoms. The van der Waals surface area contributed by atoms with Crippen molar-refractivity contribution in [2.45, 2.75) is 26.9 Å². The van der Waals surface area contributed by atoms with E-state index in [9.17, 15) is 14.9 Å². The Labute approximate surface area is 190 Å². The van der Waals surface area contributed by atoms with E-state index in [0.717, 1.165) is 16.7 Å². The molecule has 0 spiro atoms. The van der Waals surface area contributed by atoms with E-state index < -0.39 is 4.92 Å². The fraction of sp³-hybridized carbons (Fsp3) is 0.167. The predicted octanol–water partition coefficient (Wildman–Crippen LogP) is 4.03. The Morgan fingerprint density at radius 1 is 1.06 bits per heavy atom. The van der Waals surface area contributed by atoms with E-state index in [1.165, 1.54) is 16.8 Å². The van der Waals surface area contributed by atoms with Crippen LogP contribution < -0.4 is 0 Å². The third kappa shape index (κ3) is 4.77. The van der Waals surface area contributed by atoms with Crippen LogP contribution in [0, 0.1) is 24.0 Å². The fourth-order valence-electron chi connectivity index (χ4n) is 3.56. The van der Waals surface area contributed by atoms with Crippen LogP contribution in [0.25, 0.3) is 5.69 Å². The number of carbonyl (C=O) groups excluding carboxylic acids is 1. The molecule has 0 aliphatic carbocycles. The summed E-state index contributed by atoms with van der Waals surface area (Å²) < 4.78 is 1.44. The van der Waals surface area contributed by atoms with Crippen LogP contribution in [-0.2, 0) is 13.1 Å². The second-order valence-electron chi connectivity index (χ2n) is 7.66. The lowest BCUT2D eigenvalue weighted by atomic mass is 10.1. The van der Waals surface area contributed by atoms with Crippen molar-refractivity contribution in [1.82, 2.24) is 24.9 Å². The minimum atomic E-state index is -0.473. The van der Waals surface area contributed by atoms with E-state index in [1.807, 2.05) is 43.3 Å². The molecule has 0 N–H and O–H groups in total. The largest absolute Gasteiger partial charge is 0.328 e. The molecule has 0 bridgehead atoms. The number of nitrogens with zero attached hydrogens (tertiary/aromatic N) is 6. The molecule has 9 nitrogen and oxygen atoms in total. The maximum absolute atomic E-state index is 13.6. The summed E-state index contributed by atoms with van der Waals surface area (Å²) in [4.78, 5) is 30.1. The highest BCUT2D eigenvalue weighted by molar-refractivity contribution is 5.93. The molecule has 4 aromatic rings. The molecule has 2 aromatic heterocycles. The molecule has 2 aromatic carbocycles. The summed E-state index contributed by atoms with van der Waals surface area (Å²) in [5.41, 5.74) is 4.10. The maximum Gasteiger partial charge on any atom is 0.276 e. The van der Waals surface area contributed by atoms with Crippen molar-refractivity contribution in [2.24, 2.45) is 0 Å². The van der Waals surface area contributed by atoms with E-state index in [0.29, 0.717) is 24.5 Å². The summed E-state index contributed by atoms with van der Waals surface area (Å²) in [5, 5.41) is 19.4. The molecular formula is C24H22N6O3. The van der Waals surface area contributed by atoms with Crippen molar-refractivity contribution in [3.8, 4) is 5.69 Å². The first-order valence-corrected chi connectivity index (χ1v) is 10.3. The van der Waals surface area contributed by atoms with Crippen LogP contribution in [0.5, 0.6) is 0 Å². The molecule has 0 aliphatic rings.